The van der Waals surface area contributed by atoms with Gasteiger partial charge in [0.2, 0.25) is 0 Å². The van der Waals surface area contributed by atoms with Crippen molar-refractivity contribution in [2.24, 2.45) is 5.73 Å². The number of rotatable bonds is 10. The van der Waals surface area contributed by atoms with E-state index in [2.05, 4.69) is 0 Å². The fourth-order valence-electron chi connectivity index (χ4n) is 1.90. The minimum atomic E-state index is 0.0452. The first-order valence-electron chi connectivity index (χ1n) is 7.50. The normalized spacial score (nSPS) is 10.5. The lowest BCUT2D eigenvalue weighted by Crippen LogP contribution is -2.05. The average molecular weight is 321 g/mol. The van der Waals surface area contributed by atoms with Gasteiger partial charge in [0.15, 0.2) is 10.9 Å². The Morgan fingerprint density at radius 1 is 1.05 bits per heavy atom. The lowest BCUT2D eigenvalue weighted by atomic mass is 10.0. The number of carbonyl (C=O) groups excluding carboxylic acids is 3. The van der Waals surface area contributed by atoms with Crippen LogP contribution < -0.4 is 5.73 Å². The molecule has 0 heterocycles. The molecule has 0 radical (unpaired) electrons. The number of thioether (sulfide) groups is 1. The maximum absolute atomic E-state index is 11.8. The van der Waals surface area contributed by atoms with Crippen LogP contribution in [0.5, 0.6) is 0 Å². The molecule has 0 aliphatic carbocycles. The van der Waals surface area contributed by atoms with Crippen molar-refractivity contribution in [1.82, 2.24) is 0 Å². The summed E-state index contributed by atoms with van der Waals surface area (Å²) < 4.78 is 0. The second-order valence-corrected chi connectivity index (χ2v) is 6.34. The molecular formula is C17H23NO3S. The Hall–Kier alpha value is -1.46. The van der Waals surface area contributed by atoms with E-state index in [1.165, 1.54) is 18.7 Å². The van der Waals surface area contributed by atoms with Crippen molar-refractivity contribution in [3.8, 4) is 0 Å². The van der Waals surface area contributed by atoms with Gasteiger partial charge in [0.1, 0.15) is 5.78 Å². The fraction of sp³-hybridized carbons (Fsp3) is 0.471. The number of hydrogen-bond donors (Lipinski definition) is 1. The zero-order valence-corrected chi connectivity index (χ0v) is 13.8. The Bertz CT molecular complexity index is 511. The van der Waals surface area contributed by atoms with Gasteiger partial charge in [0.25, 0.3) is 0 Å². The SMILES string of the molecule is CC(=O)CCC(=O)SCCc1ccc(C(=O)CCCN)cc1. The van der Waals surface area contributed by atoms with Gasteiger partial charge in [0, 0.05) is 30.6 Å². The van der Waals surface area contributed by atoms with Crippen LogP contribution in [0, 0.1) is 0 Å². The Kier molecular flexibility index (Phi) is 8.70. The molecule has 5 heteroatoms. The Morgan fingerprint density at radius 2 is 1.73 bits per heavy atom. The van der Waals surface area contributed by atoms with Gasteiger partial charge in [0.05, 0.1) is 0 Å². The second-order valence-electron chi connectivity index (χ2n) is 5.18. The van der Waals surface area contributed by atoms with Crippen LogP contribution in [0.3, 0.4) is 0 Å². The van der Waals surface area contributed by atoms with Gasteiger partial charge in [-0.25, -0.2) is 0 Å². The molecule has 1 aromatic carbocycles. The molecule has 0 aliphatic heterocycles. The number of ketones is 2. The van der Waals surface area contributed by atoms with Crippen LogP contribution >= 0.6 is 11.8 Å². The van der Waals surface area contributed by atoms with Crippen molar-refractivity contribution >= 4 is 28.4 Å². The summed E-state index contributed by atoms with van der Waals surface area (Å²) in [6, 6.07) is 7.51. The summed E-state index contributed by atoms with van der Waals surface area (Å²) >= 11 is 1.26. The number of carbonyl (C=O) groups is 3. The zero-order valence-electron chi connectivity index (χ0n) is 13.0. The first kappa shape index (κ1) is 18.6. The molecule has 0 aliphatic rings. The molecule has 0 amide bonds. The third-order valence-electron chi connectivity index (χ3n) is 3.22. The topological polar surface area (TPSA) is 77.2 Å². The molecule has 0 bridgehead atoms. The summed E-state index contributed by atoms with van der Waals surface area (Å²) in [6.45, 7) is 2.02. The smallest absolute Gasteiger partial charge is 0.189 e. The molecule has 0 saturated carbocycles. The molecule has 0 aromatic heterocycles. The van der Waals surface area contributed by atoms with E-state index in [9.17, 15) is 14.4 Å². The first-order chi connectivity index (χ1) is 10.5. The molecule has 4 nitrogen and oxygen atoms in total. The van der Waals surface area contributed by atoms with Gasteiger partial charge in [-0.3, -0.25) is 9.59 Å². The van der Waals surface area contributed by atoms with Crippen molar-refractivity contribution < 1.29 is 14.4 Å². The van der Waals surface area contributed by atoms with E-state index in [-0.39, 0.29) is 16.7 Å². The molecule has 0 fully saturated rings. The Morgan fingerprint density at radius 3 is 2.32 bits per heavy atom. The summed E-state index contributed by atoms with van der Waals surface area (Å²) in [4.78, 5) is 34.2. The first-order valence-corrected chi connectivity index (χ1v) is 8.48. The number of Topliss-reactive ketones (excluding diaryl/α,β-unsaturated/α-hetero) is 2. The fourth-order valence-corrected chi connectivity index (χ4v) is 2.71. The van der Waals surface area contributed by atoms with Crippen molar-refractivity contribution in [3.05, 3.63) is 35.4 Å². The average Bonchev–Trinajstić information content (AvgIpc) is 2.51. The highest BCUT2D eigenvalue weighted by molar-refractivity contribution is 8.13. The third-order valence-corrected chi connectivity index (χ3v) is 4.15. The minimum absolute atomic E-state index is 0.0452. The van der Waals surface area contributed by atoms with Gasteiger partial charge >= 0.3 is 0 Å². The number of nitrogens with two attached hydrogens (primary N) is 1. The zero-order chi connectivity index (χ0) is 16.4. The highest BCUT2D eigenvalue weighted by Gasteiger charge is 2.07. The van der Waals surface area contributed by atoms with Gasteiger partial charge < -0.3 is 10.5 Å². The molecule has 22 heavy (non-hydrogen) atoms. The molecule has 120 valence electrons. The molecule has 1 aromatic rings. The Labute approximate surface area is 135 Å². The summed E-state index contributed by atoms with van der Waals surface area (Å²) in [5.74, 6) is 0.853. The van der Waals surface area contributed by atoms with E-state index in [1.807, 2.05) is 24.3 Å². The number of hydrogen-bond acceptors (Lipinski definition) is 5. The van der Waals surface area contributed by atoms with Crippen molar-refractivity contribution in [1.29, 1.82) is 0 Å². The molecule has 1 rings (SSSR count). The quantitative estimate of drug-likeness (QED) is 0.671. The predicted octanol–water partition coefficient (Wildman–Crippen LogP) is 2.78. The highest BCUT2D eigenvalue weighted by Crippen LogP contribution is 2.13. The van der Waals surface area contributed by atoms with Crippen LogP contribution in [0.15, 0.2) is 24.3 Å². The van der Waals surface area contributed by atoms with E-state index in [0.717, 1.165) is 12.0 Å². The molecule has 0 saturated heterocycles. The van der Waals surface area contributed by atoms with Crippen LogP contribution in [-0.2, 0) is 16.0 Å². The standard InChI is InChI=1S/C17H23NO3S/c1-13(19)4-9-17(21)22-12-10-14-5-7-15(8-6-14)16(20)3-2-11-18/h5-8H,2-4,9-12,18H2,1H3. The van der Waals surface area contributed by atoms with Crippen molar-refractivity contribution in [2.45, 2.75) is 39.0 Å². The van der Waals surface area contributed by atoms with E-state index >= 15 is 0 Å². The van der Waals surface area contributed by atoms with E-state index in [1.54, 1.807) is 0 Å². The van der Waals surface area contributed by atoms with Crippen LogP contribution in [0.1, 0.15) is 48.5 Å². The molecular weight excluding hydrogens is 298 g/mol. The van der Waals surface area contributed by atoms with E-state index in [0.29, 0.717) is 43.5 Å². The van der Waals surface area contributed by atoms with E-state index < -0.39 is 0 Å². The van der Waals surface area contributed by atoms with Crippen LogP contribution in [-0.4, -0.2) is 29.0 Å². The summed E-state index contributed by atoms with van der Waals surface area (Å²) in [6.07, 6.45) is 2.60. The molecule has 0 spiro atoms. The van der Waals surface area contributed by atoms with Crippen LogP contribution in [0.2, 0.25) is 0 Å². The van der Waals surface area contributed by atoms with Crippen LogP contribution in [0.4, 0.5) is 0 Å². The van der Waals surface area contributed by atoms with Crippen molar-refractivity contribution in [2.75, 3.05) is 12.3 Å². The number of aryl methyl sites for hydroxylation is 1. The second kappa shape index (κ2) is 10.3. The summed E-state index contributed by atoms with van der Waals surface area (Å²) in [7, 11) is 0. The van der Waals surface area contributed by atoms with Gasteiger partial charge in [-0.05, 0) is 31.9 Å². The van der Waals surface area contributed by atoms with Gasteiger partial charge in [-0.15, -0.1) is 0 Å². The summed E-state index contributed by atoms with van der Waals surface area (Å²) in [5, 5.41) is 0.0591. The monoisotopic (exact) mass is 321 g/mol. The van der Waals surface area contributed by atoms with E-state index in [4.69, 9.17) is 5.73 Å². The Balaban J connectivity index is 2.34. The lowest BCUT2D eigenvalue weighted by molar-refractivity contribution is -0.119. The maximum Gasteiger partial charge on any atom is 0.189 e. The molecule has 2 N–H and O–H groups in total. The predicted molar refractivity (Wildman–Crippen MR) is 90.1 cm³/mol. The highest BCUT2D eigenvalue weighted by atomic mass is 32.2. The van der Waals surface area contributed by atoms with Crippen LogP contribution in [0.25, 0.3) is 0 Å². The summed E-state index contributed by atoms with van der Waals surface area (Å²) in [5.41, 5.74) is 7.21. The van der Waals surface area contributed by atoms with Gasteiger partial charge in [-0.2, -0.15) is 0 Å². The lowest BCUT2D eigenvalue weighted by Gasteiger charge is -2.04. The largest absolute Gasteiger partial charge is 0.330 e. The molecule has 0 atom stereocenters. The van der Waals surface area contributed by atoms with Gasteiger partial charge in [-0.1, -0.05) is 36.0 Å². The van der Waals surface area contributed by atoms with Crippen molar-refractivity contribution in [3.63, 3.8) is 0 Å². The third kappa shape index (κ3) is 7.52. The minimum Gasteiger partial charge on any atom is -0.330 e. The molecule has 0 unspecified atom stereocenters. The number of benzene rings is 1. The maximum atomic E-state index is 11.8.